The summed E-state index contributed by atoms with van der Waals surface area (Å²) in [7, 11) is 0. The van der Waals surface area contributed by atoms with Crippen LogP contribution < -0.4 is 5.32 Å². The van der Waals surface area contributed by atoms with Gasteiger partial charge in [0.1, 0.15) is 18.1 Å². The zero-order chi connectivity index (χ0) is 18.0. The molecule has 0 saturated carbocycles. The molecular formula is C17H19N3O4S. The van der Waals surface area contributed by atoms with Crippen molar-refractivity contribution in [3.05, 3.63) is 41.1 Å². The van der Waals surface area contributed by atoms with Gasteiger partial charge in [-0.2, -0.15) is 5.10 Å². The minimum absolute atomic E-state index is 0.0583. The predicted octanol–water partition coefficient (Wildman–Crippen LogP) is 2.23. The quantitative estimate of drug-likeness (QED) is 0.811. The number of anilines is 1. The fourth-order valence-corrected chi connectivity index (χ4v) is 4.00. The number of nitrogens with one attached hydrogen (secondary N) is 1. The number of hydrogen-bond donors (Lipinski definition) is 2. The van der Waals surface area contributed by atoms with Gasteiger partial charge in [-0.25, -0.2) is 4.68 Å². The Labute approximate surface area is 149 Å². The number of nitrogens with zero attached hydrogens (tertiary/aromatic N) is 2. The zero-order valence-corrected chi connectivity index (χ0v) is 14.8. The lowest BCUT2D eigenvalue weighted by atomic mass is 10.0. The first-order chi connectivity index (χ1) is 12.0. The lowest BCUT2D eigenvalue weighted by Gasteiger charge is -2.15. The van der Waals surface area contributed by atoms with Crippen LogP contribution in [0.4, 0.5) is 5.82 Å². The summed E-state index contributed by atoms with van der Waals surface area (Å²) in [6.07, 6.45) is 0. The maximum absolute atomic E-state index is 12.1. The number of carbonyl (C=O) groups is 2. The van der Waals surface area contributed by atoms with Crippen molar-refractivity contribution < 1.29 is 19.4 Å². The number of rotatable bonds is 4. The van der Waals surface area contributed by atoms with Gasteiger partial charge in [0, 0.05) is 5.56 Å². The molecule has 3 rings (SSSR count). The van der Waals surface area contributed by atoms with E-state index in [9.17, 15) is 14.7 Å². The molecule has 0 aliphatic carbocycles. The second kappa shape index (κ2) is 7.18. The van der Waals surface area contributed by atoms with E-state index in [1.54, 1.807) is 19.1 Å². The summed E-state index contributed by atoms with van der Waals surface area (Å²) in [5, 5.41) is 16.7. The highest BCUT2D eigenvalue weighted by molar-refractivity contribution is 8.00. The van der Waals surface area contributed by atoms with Crippen LogP contribution in [0.5, 0.6) is 5.75 Å². The number of phenolic OH excluding ortho intramolecular Hbond substituents is 1. The minimum atomic E-state index is -0.403. The van der Waals surface area contributed by atoms with E-state index in [1.165, 1.54) is 16.4 Å². The van der Waals surface area contributed by atoms with Crippen molar-refractivity contribution in [2.75, 3.05) is 17.7 Å². The lowest BCUT2D eigenvalue weighted by molar-refractivity contribution is -0.144. The Morgan fingerprint density at radius 2 is 2.16 bits per heavy atom. The molecule has 1 atom stereocenters. The molecule has 1 amide bonds. The van der Waals surface area contributed by atoms with Crippen LogP contribution in [0.3, 0.4) is 0 Å². The van der Waals surface area contributed by atoms with E-state index in [1.807, 2.05) is 19.1 Å². The number of fused-ring (bicyclic) bond motifs is 1. The molecule has 1 aliphatic heterocycles. The number of phenols is 1. The number of aromatic hydroxyl groups is 1. The van der Waals surface area contributed by atoms with Crippen molar-refractivity contribution in [2.45, 2.75) is 25.6 Å². The molecule has 7 nitrogen and oxygen atoms in total. The normalized spacial score (nSPS) is 16.7. The fraction of sp³-hybridized carbons (Fsp3) is 0.353. The summed E-state index contributed by atoms with van der Waals surface area (Å²) in [6.45, 7) is 3.83. The third-order valence-electron chi connectivity index (χ3n) is 3.85. The van der Waals surface area contributed by atoms with Gasteiger partial charge in [0.15, 0.2) is 0 Å². The van der Waals surface area contributed by atoms with Crippen molar-refractivity contribution in [1.82, 2.24) is 9.78 Å². The summed E-state index contributed by atoms with van der Waals surface area (Å²) in [5.41, 5.74) is 2.57. The molecule has 0 radical (unpaired) electrons. The van der Waals surface area contributed by atoms with Gasteiger partial charge < -0.3 is 15.2 Å². The molecule has 25 heavy (non-hydrogen) atoms. The van der Waals surface area contributed by atoms with Crippen molar-refractivity contribution in [3.8, 4) is 5.75 Å². The van der Waals surface area contributed by atoms with E-state index < -0.39 is 5.97 Å². The van der Waals surface area contributed by atoms with Gasteiger partial charge in [0.25, 0.3) is 0 Å². The van der Waals surface area contributed by atoms with Crippen LogP contribution in [-0.2, 0) is 20.9 Å². The topological polar surface area (TPSA) is 93.5 Å². The number of benzene rings is 1. The summed E-state index contributed by atoms with van der Waals surface area (Å²) in [5.74, 6) is 0.460. The highest BCUT2D eigenvalue weighted by Gasteiger charge is 2.30. The van der Waals surface area contributed by atoms with Gasteiger partial charge in [-0.05, 0) is 31.5 Å². The smallest absolute Gasteiger partial charge is 0.327 e. The second-order valence-electron chi connectivity index (χ2n) is 5.64. The molecule has 0 bridgehead atoms. The first-order valence-electron chi connectivity index (χ1n) is 7.93. The van der Waals surface area contributed by atoms with Crippen LogP contribution in [0, 0.1) is 6.92 Å². The van der Waals surface area contributed by atoms with Crippen molar-refractivity contribution in [2.24, 2.45) is 0 Å². The van der Waals surface area contributed by atoms with E-state index in [2.05, 4.69) is 10.4 Å². The van der Waals surface area contributed by atoms with Gasteiger partial charge in [0.05, 0.1) is 23.3 Å². The molecule has 0 unspecified atom stereocenters. The van der Waals surface area contributed by atoms with Gasteiger partial charge in [-0.1, -0.05) is 12.1 Å². The molecule has 132 valence electrons. The molecule has 2 N–H and O–H groups in total. The first-order valence-corrected chi connectivity index (χ1v) is 8.97. The Bertz CT molecular complexity index is 801. The van der Waals surface area contributed by atoms with E-state index in [4.69, 9.17) is 4.74 Å². The first kappa shape index (κ1) is 17.3. The number of esters is 1. The van der Waals surface area contributed by atoms with E-state index in [0.717, 1.165) is 16.8 Å². The van der Waals surface area contributed by atoms with Crippen LogP contribution in [0.2, 0.25) is 0 Å². The molecule has 1 aromatic heterocycles. The number of carbonyl (C=O) groups excluding carboxylic acids is 2. The number of ether oxygens (including phenoxy) is 1. The number of aromatic nitrogens is 2. The molecule has 1 aliphatic rings. The number of aryl methyl sites for hydroxylation is 1. The number of hydrogen-bond acceptors (Lipinski definition) is 6. The standard InChI is InChI=1S/C17H19N3O4S/c1-3-24-14(23)8-20-17-15(10(2)19-20)16(25-9-13(22)18-17)11-4-6-12(21)7-5-11/h4-7,16,21H,3,8-9H2,1-2H3,(H,18,22)/t16-/m0/s1. The molecule has 0 fully saturated rings. The third-order valence-corrected chi connectivity index (χ3v) is 5.12. The highest BCUT2D eigenvalue weighted by atomic mass is 32.2. The van der Waals surface area contributed by atoms with E-state index in [-0.39, 0.29) is 23.5 Å². The van der Waals surface area contributed by atoms with Crippen LogP contribution in [0.1, 0.15) is 29.0 Å². The van der Waals surface area contributed by atoms with Crippen molar-refractivity contribution >= 4 is 29.5 Å². The molecule has 2 aromatic rings. The second-order valence-corrected chi connectivity index (χ2v) is 6.73. The minimum Gasteiger partial charge on any atom is -0.508 e. The van der Waals surface area contributed by atoms with Crippen LogP contribution in [0.25, 0.3) is 0 Å². The maximum Gasteiger partial charge on any atom is 0.327 e. The zero-order valence-electron chi connectivity index (χ0n) is 14.0. The van der Waals surface area contributed by atoms with Crippen molar-refractivity contribution in [3.63, 3.8) is 0 Å². The van der Waals surface area contributed by atoms with Gasteiger partial charge in [-0.15, -0.1) is 11.8 Å². The van der Waals surface area contributed by atoms with Gasteiger partial charge >= 0.3 is 5.97 Å². The summed E-state index contributed by atoms with van der Waals surface area (Å²) in [4.78, 5) is 24.0. The van der Waals surface area contributed by atoms with Gasteiger partial charge in [-0.3, -0.25) is 9.59 Å². The average molecular weight is 361 g/mol. The van der Waals surface area contributed by atoms with Crippen LogP contribution in [-0.4, -0.2) is 39.1 Å². The summed E-state index contributed by atoms with van der Waals surface area (Å²) in [6, 6.07) is 6.89. The highest BCUT2D eigenvalue weighted by Crippen LogP contribution is 2.43. The number of amides is 1. The third kappa shape index (κ3) is 3.63. The largest absolute Gasteiger partial charge is 0.508 e. The summed E-state index contributed by atoms with van der Waals surface area (Å²) >= 11 is 1.49. The monoisotopic (exact) mass is 361 g/mol. The molecule has 0 spiro atoms. The molecule has 8 heteroatoms. The summed E-state index contributed by atoms with van der Waals surface area (Å²) < 4.78 is 6.47. The Hall–Kier alpha value is -2.48. The molecule has 0 saturated heterocycles. The van der Waals surface area contributed by atoms with E-state index >= 15 is 0 Å². The Morgan fingerprint density at radius 3 is 2.84 bits per heavy atom. The fourth-order valence-electron chi connectivity index (χ4n) is 2.81. The Balaban J connectivity index is 2.03. The molecule has 1 aromatic carbocycles. The SMILES string of the molecule is CCOC(=O)Cn1nc(C)c2c1NC(=O)CS[C@H]2c1ccc(O)cc1. The molecule has 2 heterocycles. The van der Waals surface area contributed by atoms with E-state index in [0.29, 0.717) is 18.2 Å². The number of thioether (sulfide) groups is 1. The van der Waals surface area contributed by atoms with Gasteiger partial charge in [0.2, 0.25) is 5.91 Å². The average Bonchev–Trinajstić information content (AvgIpc) is 2.75. The maximum atomic E-state index is 12.1. The van der Waals surface area contributed by atoms with Crippen molar-refractivity contribution in [1.29, 1.82) is 0 Å². The Kier molecular flexibility index (Phi) is 4.98. The van der Waals surface area contributed by atoms with Crippen LogP contribution >= 0.6 is 11.8 Å². The molecular weight excluding hydrogens is 342 g/mol. The predicted molar refractivity (Wildman–Crippen MR) is 94.6 cm³/mol. The Morgan fingerprint density at radius 1 is 1.44 bits per heavy atom. The van der Waals surface area contributed by atoms with Crippen LogP contribution in [0.15, 0.2) is 24.3 Å². The lowest BCUT2D eigenvalue weighted by Crippen LogP contribution is -2.20.